The van der Waals surface area contributed by atoms with E-state index in [0.717, 1.165) is 9.80 Å². The van der Waals surface area contributed by atoms with Gasteiger partial charge < -0.3 is 26.0 Å². The van der Waals surface area contributed by atoms with Crippen molar-refractivity contribution >= 4 is 23.8 Å². The minimum Gasteiger partial charge on any atom is -0.480 e. The van der Waals surface area contributed by atoms with Crippen molar-refractivity contribution in [1.29, 1.82) is 0 Å². The zero-order chi connectivity index (χ0) is 15.0. The van der Waals surface area contributed by atoms with E-state index < -0.39 is 36.9 Å². The van der Waals surface area contributed by atoms with Crippen LogP contribution < -0.4 is 11.1 Å². The van der Waals surface area contributed by atoms with Crippen molar-refractivity contribution in [3.8, 4) is 0 Å². The van der Waals surface area contributed by atoms with Crippen LogP contribution in [-0.4, -0.2) is 71.9 Å². The van der Waals surface area contributed by atoms with Gasteiger partial charge in [0.05, 0.1) is 0 Å². The number of carbonyl (C=O) groups excluding carboxylic acids is 3. The van der Waals surface area contributed by atoms with Gasteiger partial charge in [-0.05, 0) is 6.92 Å². The summed E-state index contributed by atoms with van der Waals surface area (Å²) >= 11 is 0. The van der Waals surface area contributed by atoms with Crippen molar-refractivity contribution in [2.45, 2.75) is 6.92 Å². The van der Waals surface area contributed by atoms with Gasteiger partial charge in [-0.15, -0.1) is 0 Å². The van der Waals surface area contributed by atoms with Gasteiger partial charge >= 0.3 is 12.0 Å². The molecule has 9 heteroatoms. The van der Waals surface area contributed by atoms with E-state index in [9.17, 15) is 19.2 Å². The molecule has 0 rings (SSSR count). The zero-order valence-electron chi connectivity index (χ0n) is 10.9. The number of urea groups is 1. The van der Waals surface area contributed by atoms with Crippen molar-refractivity contribution in [2.75, 3.05) is 33.2 Å². The fourth-order valence-corrected chi connectivity index (χ4v) is 1.31. The first kappa shape index (κ1) is 16.7. The first-order valence-corrected chi connectivity index (χ1v) is 5.56. The number of carboxylic acids is 1. The van der Waals surface area contributed by atoms with Crippen LogP contribution in [0.2, 0.25) is 0 Å². The summed E-state index contributed by atoms with van der Waals surface area (Å²) in [5.74, 6) is -2.50. The third-order valence-electron chi connectivity index (χ3n) is 2.21. The van der Waals surface area contributed by atoms with Crippen LogP contribution in [0, 0.1) is 0 Å². The largest absolute Gasteiger partial charge is 0.480 e. The number of aliphatic carboxylic acids is 1. The van der Waals surface area contributed by atoms with E-state index >= 15 is 0 Å². The quantitative estimate of drug-likeness (QED) is 0.496. The first-order chi connectivity index (χ1) is 8.81. The lowest BCUT2D eigenvalue weighted by molar-refractivity contribution is -0.138. The SMILES string of the molecule is CCN(CC(=O)NC)C(=O)N(CC(N)=O)CC(=O)O. The number of rotatable bonds is 7. The number of nitrogens with one attached hydrogen (secondary N) is 1. The monoisotopic (exact) mass is 274 g/mol. The molecule has 0 aromatic rings. The molecule has 19 heavy (non-hydrogen) atoms. The van der Waals surface area contributed by atoms with Crippen LogP contribution in [0.25, 0.3) is 0 Å². The first-order valence-electron chi connectivity index (χ1n) is 5.56. The fraction of sp³-hybridized carbons (Fsp3) is 0.600. The minimum absolute atomic E-state index is 0.196. The van der Waals surface area contributed by atoms with Gasteiger partial charge in [0.15, 0.2) is 0 Å². The Balaban J connectivity index is 4.86. The Bertz CT molecular complexity index is 355. The lowest BCUT2D eigenvalue weighted by atomic mass is 10.4. The number of carbonyl (C=O) groups is 4. The van der Waals surface area contributed by atoms with Crippen molar-refractivity contribution in [3.05, 3.63) is 0 Å². The zero-order valence-corrected chi connectivity index (χ0v) is 10.9. The fourth-order valence-electron chi connectivity index (χ4n) is 1.31. The van der Waals surface area contributed by atoms with Crippen LogP contribution >= 0.6 is 0 Å². The second-order valence-corrected chi connectivity index (χ2v) is 3.69. The molecule has 0 aromatic heterocycles. The Morgan fingerprint density at radius 1 is 1.11 bits per heavy atom. The van der Waals surface area contributed by atoms with Gasteiger partial charge in [0, 0.05) is 13.6 Å². The molecule has 0 fully saturated rings. The van der Waals surface area contributed by atoms with Gasteiger partial charge in [0.25, 0.3) is 0 Å². The van der Waals surface area contributed by atoms with E-state index in [-0.39, 0.29) is 13.1 Å². The molecule has 0 saturated carbocycles. The number of nitrogens with zero attached hydrogens (tertiary/aromatic N) is 2. The second kappa shape index (κ2) is 7.90. The van der Waals surface area contributed by atoms with Crippen LogP contribution in [0.15, 0.2) is 0 Å². The van der Waals surface area contributed by atoms with Crippen molar-refractivity contribution < 1.29 is 24.3 Å². The highest BCUT2D eigenvalue weighted by molar-refractivity contribution is 5.88. The number of primary amides is 1. The number of likely N-dealkylation sites (N-methyl/N-ethyl adjacent to an activating group) is 2. The van der Waals surface area contributed by atoms with Crippen LogP contribution in [0.1, 0.15) is 6.92 Å². The number of amides is 4. The lowest BCUT2D eigenvalue weighted by Gasteiger charge is -2.27. The standard InChI is InChI=1S/C10H18N4O5/c1-3-13(5-8(16)12-2)10(19)14(4-7(11)15)6-9(17)18/h3-6H2,1-2H3,(H2,11,15)(H,12,16)(H,17,18). The van der Waals surface area contributed by atoms with Crippen molar-refractivity contribution in [1.82, 2.24) is 15.1 Å². The predicted molar refractivity (Wildman–Crippen MR) is 65.1 cm³/mol. The molecule has 0 spiro atoms. The topological polar surface area (TPSA) is 133 Å². The molecule has 0 unspecified atom stereocenters. The number of nitrogens with two attached hydrogens (primary N) is 1. The normalized spacial score (nSPS) is 9.58. The van der Waals surface area contributed by atoms with E-state index in [4.69, 9.17) is 10.8 Å². The molecule has 0 radical (unpaired) electrons. The van der Waals surface area contributed by atoms with Gasteiger partial charge in [-0.3, -0.25) is 14.4 Å². The molecule has 0 aliphatic rings. The van der Waals surface area contributed by atoms with Crippen LogP contribution in [0.5, 0.6) is 0 Å². The molecular formula is C10H18N4O5. The third kappa shape index (κ3) is 6.24. The number of hydrogen-bond donors (Lipinski definition) is 3. The van der Waals surface area contributed by atoms with E-state index in [0.29, 0.717) is 0 Å². The summed E-state index contributed by atoms with van der Waals surface area (Å²) in [6.07, 6.45) is 0. The average Bonchev–Trinajstić information content (AvgIpc) is 2.32. The summed E-state index contributed by atoms with van der Waals surface area (Å²) in [6, 6.07) is -0.729. The van der Waals surface area contributed by atoms with Gasteiger partial charge in [0.1, 0.15) is 19.6 Å². The third-order valence-corrected chi connectivity index (χ3v) is 2.21. The van der Waals surface area contributed by atoms with Crippen LogP contribution in [0.4, 0.5) is 4.79 Å². The molecule has 4 N–H and O–H groups in total. The number of carboxylic acid groups (broad SMARTS) is 1. The Kier molecular flexibility index (Phi) is 6.94. The molecule has 9 nitrogen and oxygen atoms in total. The maximum atomic E-state index is 12.0. The minimum atomic E-state index is -1.27. The van der Waals surface area contributed by atoms with Gasteiger partial charge in [0.2, 0.25) is 11.8 Å². The Morgan fingerprint density at radius 2 is 1.68 bits per heavy atom. The highest BCUT2D eigenvalue weighted by atomic mass is 16.4. The van der Waals surface area contributed by atoms with E-state index in [1.807, 2.05) is 0 Å². The van der Waals surface area contributed by atoms with Gasteiger partial charge in [-0.2, -0.15) is 0 Å². The van der Waals surface area contributed by atoms with E-state index in [1.165, 1.54) is 7.05 Å². The molecule has 0 bridgehead atoms. The average molecular weight is 274 g/mol. The van der Waals surface area contributed by atoms with E-state index in [1.54, 1.807) is 6.92 Å². The predicted octanol–water partition coefficient (Wildman–Crippen LogP) is -1.95. The molecule has 108 valence electrons. The summed E-state index contributed by atoms with van der Waals surface area (Å²) in [7, 11) is 1.42. The molecule has 0 aromatic carbocycles. The molecule has 0 saturated heterocycles. The maximum Gasteiger partial charge on any atom is 0.323 e. The molecular weight excluding hydrogens is 256 g/mol. The summed E-state index contributed by atoms with van der Waals surface area (Å²) in [5.41, 5.74) is 4.95. The van der Waals surface area contributed by atoms with Gasteiger partial charge in [-0.1, -0.05) is 0 Å². The Morgan fingerprint density at radius 3 is 2.05 bits per heavy atom. The smallest absolute Gasteiger partial charge is 0.323 e. The van der Waals surface area contributed by atoms with Crippen LogP contribution in [-0.2, 0) is 14.4 Å². The van der Waals surface area contributed by atoms with Crippen molar-refractivity contribution in [2.24, 2.45) is 5.73 Å². The highest BCUT2D eigenvalue weighted by Gasteiger charge is 2.24. The molecule has 0 heterocycles. The molecule has 0 aliphatic carbocycles. The lowest BCUT2D eigenvalue weighted by Crippen LogP contribution is -2.50. The van der Waals surface area contributed by atoms with Crippen LogP contribution in [0.3, 0.4) is 0 Å². The molecule has 0 atom stereocenters. The van der Waals surface area contributed by atoms with Crippen molar-refractivity contribution in [3.63, 3.8) is 0 Å². The highest BCUT2D eigenvalue weighted by Crippen LogP contribution is 1.99. The summed E-state index contributed by atoms with van der Waals surface area (Å²) in [5, 5.41) is 11.0. The maximum absolute atomic E-state index is 12.0. The summed E-state index contributed by atoms with van der Waals surface area (Å²) in [4.78, 5) is 46.6. The Labute approximate surface area is 110 Å². The summed E-state index contributed by atoms with van der Waals surface area (Å²) < 4.78 is 0. The molecule has 0 aliphatic heterocycles. The van der Waals surface area contributed by atoms with E-state index in [2.05, 4.69) is 5.32 Å². The molecule has 4 amide bonds. The number of hydrogen-bond acceptors (Lipinski definition) is 4. The second-order valence-electron chi connectivity index (χ2n) is 3.69. The Hall–Kier alpha value is -2.32. The van der Waals surface area contributed by atoms with Gasteiger partial charge in [-0.25, -0.2) is 4.79 Å². The summed E-state index contributed by atoms with van der Waals surface area (Å²) in [6.45, 7) is 0.424.